The maximum Gasteiger partial charge on any atom is 0.262 e. The third-order valence-corrected chi connectivity index (χ3v) is 4.85. The van der Waals surface area contributed by atoms with Crippen LogP contribution in [0.4, 0.5) is 5.69 Å². The number of aryl methyl sites for hydroxylation is 1. The van der Waals surface area contributed by atoms with E-state index in [4.69, 9.17) is 9.15 Å². The van der Waals surface area contributed by atoms with Crippen molar-refractivity contribution in [2.24, 2.45) is 0 Å². The molecule has 4 rings (SSSR count). The van der Waals surface area contributed by atoms with Gasteiger partial charge in [0.05, 0.1) is 0 Å². The fraction of sp³-hybridized carbons (Fsp3) is 0.200. The van der Waals surface area contributed by atoms with Gasteiger partial charge in [-0.3, -0.25) is 4.79 Å². The quantitative estimate of drug-likeness (QED) is 0.435. The highest BCUT2D eigenvalue weighted by atomic mass is 16.5. The predicted molar refractivity (Wildman–Crippen MR) is 119 cm³/mol. The molecule has 0 fully saturated rings. The van der Waals surface area contributed by atoms with Crippen LogP contribution in [0.15, 0.2) is 71.1 Å². The van der Waals surface area contributed by atoms with Gasteiger partial charge in [-0.2, -0.15) is 0 Å². The molecule has 0 saturated heterocycles. The van der Waals surface area contributed by atoms with E-state index in [1.54, 1.807) is 0 Å². The number of hydrogen-bond donors (Lipinski definition) is 1. The number of ether oxygens (including phenoxy) is 1. The lowest BCUT2D eigenvalue weighted by Gasteiger charge is -2.10. The maximum atomic E-state index is 12.3. The minimum absolute atomic E-state index is 0.0621. The van der Waals surface area contributed by atoms with E-state index in [0.717, 1.165) is 22.2 Å². The molecular weight excluding hydrogens is 376 g/mol. The molecule has 4 aromatic rings. The third-order valence-electron chi connectivity index (χ3n) is 4.85. The minimum Gasteiger partial charge on any atom is -0.484 e. The van der Waals surface area contributed by atoms with Crippen LogP contribution in [0, 0.1) is 6.92 Å². The second-order valence-electron chi connectivity index (χ2n) is 7.63. The van der Waals surface area contributed by atoms with Crippen molar-refractivity contribution >= 4 is 22.7 Å². The number of carbonyl (C=O) groups is 1. The number of carbonyl (C=O) groups excluding carboxylic acids is 1. The summed E-state index contributed by atoms with van der Waals surface area (Å²) in [6, 6.07) is 21.1. The molecule has 152 valence electrons. The van der Waals surface area contributed by atoms with Crippen molar-refractivity contribution in [3.8, 4) is 17.2 Å². The van der Waals surface area contributed by atoms with E-state index in [1.807, 2.05) is 73.7 Å². The molecule has 1 N–H and O–H groups in total. The average Bonchev–Trinajstić information content (AvgIpc) is 3.16. The summed E-state index contributed by atoms with van der Waals surface area (Å²) in [5.74, 6) is 1.42. The molecule has 0 atom stereocenters. The summed E-state index contributed by atoms with van der Waals surface area (Å²) < 4.78 is 11.5. The van der Waals surface area contributed by atoms with Gasteiger partial charge in [-0.1, -0.05) is 38.1 Å². The first-order valence-corrected chi connectivity index (χ1v) is 9.98. The fourth-order valence-electron chi connectivity index (χ4n) is 3.18. The average molecular weight is 400 g/mol. The Morgan fingerprint density at radius 1 is 1.07 bits per heavy atom. The van der Waals surface area contributed by atoms with Gasteiger partial charge >= 0.3 is 0 Å². The molecule has 1 heterocycles. The van der Waals surface area contributed by atoms with Gasteiger partial charge in [-0.25, -0.2) is 4.98 Å². The molecule has 1 amide bonds. The van der Waals surface area contributed by atoms with Crippen molar-refractivity contribution in [2.75, 3.05) is 11.9 Å². The highest BCUT2D eigenvalue weighted by Crippen LogP contribution is 2.27. The number of benzene rings is 3. The van der Waals surface area contributed by atoms with Gasteiger partial charge in [0.15, 0.2) is 12.2 Å². The van der Waals surface area contributed by atoms with Crippen LogP contribution >= 0.6 is 0 Å². The van der Waals surface area contributed by atoms with Crippen LogP contribution in [0.5, 0.6) is 5.75 Å². The maximum absolute atomic E-state index is 12.3. The number of fused-ring (bicyclic) bond motifs is 1. The molecule has 0 radical (unpaired) electrons. The molecule has 0 aliphatic heterocycles. The van der Waals surface area contributed by atoms with Crippen LogP contribution in [-0.4, -0.2) is 17.5 Å². The summed E-state index contributed by atoms with van der Waals surface area (Å²) in [7, 11) is 0. The topological polar surface area (TPSA) is 64.4 Å². The highest BCUT2D eigenvalue weighted by Gasteiger charge is 2.10. The molecule has 0 saturated carbocycles. The first-order valence-electron chi connectivity index (χ1n) is 9.98. The van der Waals surface area contributed by atoms with Gasteiger partial charge < -0.3 is 14.5 Å². The van der Waals surface area contributed by atoms with Crippen LogP contribution in [-0.2, 0) is 4.79 Å². The lowest BCUT2D eigenvalue weighted by atomic mass is 10.0. The Labute approximate surface area is 175 Å². The van der Waals surface area contributed by atoms with E-state index in [1.165, 1.54) is 5.56 Å². The number of nitrogens with zero attached hydrogens (tertiary/aromatic N) is 1. The minimum atomic E-state index is -0.228. The van der Waals surface area contributed by atoms with Gasteiger partial charge in [0.25, 0.3) is 5.91 Å². The van der Waals surface area contributed by atoms with Crippen molar-refractivity contribution in [1.82, 2.24) is 4.98 Å². The van der Waals surface area contributed by atoms with Gasteiger partial charge in [0, 0.05) is 11.3 Å². The van der Waals surface area contributed by atoms with E-state index >= 15 is 0 Å². The lowest BCUT2D eigenvalue weighted by Crippen LogP contribution is -2.20. The normalized spacial score (nSPS) is 11.1. The summed E-state index contributed by atoms with van der Waals surface area (Å²) in [4.78, 5) is 16.8. The van der Waals surface area contributed by atoms with Crippen molar-refractivity contribution in [1.29, 1.82) is 0 Å². The number of amides is 1. The molecule has 0 bridgehead atoms. The van der Waals surface area contributed by atoms with Crippen LogP contribution < -0.4 is 10.1 Å². The molecule has 0 spiro atoms. The SMILES string of the molecule is Cc1ccc2nc(-c3cccc(NC(=O)COc4ccc(C(C)C)cc4)c3)oc2c1. The second kappa shape index (κ2) is 8.41. The second-order valence-corrected chi connectivity index (χ2v) is 7.63. The lowest BCUT2D eigenvalue weighted by molar-refractivity contribution is -0.118. The van der Waals surface area contributed by atoms with Crippen molar-refractivity contribution in [2.45, 2.75) is 26.7 Å². The molecule has 5 heteroatoms. The first-order chi connectivity index (χ1) is 14.5. The van der Waals surface area contributed by atoms with Gasteiger partial charge in [0.1, 0.15) is 11.3 Å². The van der Waals surface area contributed by atoms with E-state index < -0.39 is 0 Å². The summed E-state index contributed by atoms with van der Waals surface area (Å²) in [5.41, 5.74) is 5.36. The van der Waals surface area contributed by atoms with E-state index in [2.05, 4.69) is 24.1 Å². The zero-order valence-corrected chi connectivity index (χ0v) is 17.3. The molecule has 0 aliphatic rings. The zero-order chi connectivity index (χ0) is 21.1. The van der Waals surface area contributed by atoms with Gasteiger partial charge in [0.2, 0.25) is 5.89 Å². The zero-order valence-electron chi connectivity index (χ0n) is 17.3. The standard InChI is InChI=1S/C25H24N2O3/c1-16(2)18-8-10-21(11-9-18)29-15-24(28)26-20-6-4-5-19(14-20)25-27-22-12-7-17(3)13-23(22)30-25/h4-14,16H,15H2,1-3H3,(H,26,28). The molecule has 30 heavy (non-hydrogen) atoms. The number of aromatic nitrogens is 1. The Morgan fingerprint density at radius 3 is 2.63 bits per heavy atom. The molecule has 0 aliphatic carbocycles. The number of nitrogens with one attached hydrogen (secondary N) is 1. The number of hydrogen-bond acceptors (Lipinski definition) is 4. The summed E-state index contributed by atoms with van der Waals surface area (Å²) >= 11 is 0. The predicted octanol–water partition coefficient (Wildman–Crippen LogP) is 5.94. The van der Waals surface area contributed by atoms with E-state index in [0.29, 0.717) is 23.2 Å². The largest absolute Gasteiger partial charge is 0.484 e. The monoisotopic (exact) mass is 400 g/mol. The highest BCUT2D eigenvalue weighted by molar-refractivity contribution is 5.92. The molecule has 0 unspecified atom stereocenters. The Bertz CT molecular complexity index is 1180. The summed E-state index contributed by atoms with van der Waals surface area (Å²) in [6.07, 6.45) is 0. The Kier molecular flexibility index (Phi) is 5.53. The Balaban J connectivity index is 1.41. The number of rotatable bonds is 6. The van der Waals surface area contributed by atoms with Crippen LogP contribution in [0.1, 0.15) is 30.9 Å². The van der Waals surface area contributed by atoms with Crippen LogP contribution in [0.3, 0.4) is 0 Å². The Morgan fingerprint density at radius 2 is 1.87 bits per heavy atom. The van der Waals surface area contributed by atoms with Crippen molar-refractivity contribution in [3.05, 3.63) is 77.9 Å². The molecular formula is C25H24N2O3. The van der Waals surface area contributed by atoms with E-state index in [9.17, 15) is 4.79 Å². The third kappa shape index (κ3) is 4.51. The fourth-order valence-corrected chi connectivity index (χ4v) is 3.18. The summed E-state index contributed by atoms with van der Waals surface area (Å²) in [6.45, 7) is 6.23. The van der Waals surface area contributed by atoms with Gasteiger partial charge in [-0.15, -0.1) is 0 Å². The van der Waals surface area contributed by atoms with Crippen LogP contribution in [0.2, 0.25) is 0 Å². The number of anilines is 1. The smallest absolute Gasteiger partial charge is 0.262 e. The molecule has 3 aromatic carbocycles. The molecule has 5 nitrogen and oxygen atoms in total. The van der Waals surface area contributed by atoms with E-state index in [-0.39, 0.29) is 12.5 Å². The molecule has 1 aromatic heterocycles. The van der Waals surface area contributed by atoms with Crippen molar-refractivity contribution in [3.63, 3.8) is 0 Å². The van der Waals surface area contributed by atoms with Crippen molar-refractivity contribution < 1.29 is 13.9 Å². The first kappa shape index (κ1) is 19.7. The van der Waals surface area contributed by atoms with Crippen LogP contribution in [0.25, 0.3) is 22.6 Å². The summed E-state index contributed by atoms with van der Waals surface area (Å²) in [5, 5.41) is 2.86. The van der Waals surface area contributed by atoms with Gasteiger partial charge in [-0.05, 0) is 66.4 Å². The number of oxazole rings is 1. The Hall–Kier alpha value is -3.60.